The van der Waals surface area contributed by atoms with Crippen LogP contribution in [0.25, 0.3) is 0 Å². The van der Waals surface area contributed by atoms with E-state index in [2.05, 4.69) is 64.7 Å². The van der Waals surface area contributed by atoms with Crippen LogP contribution in [0.5, 0.6) is 0 Å². The maximum Gasteiger partial charge on any atom is 0.191 e. The van der Waals surface area contributed by atoms with E-state index in [9.17, 15) is 0 Å². The largest absolute Gasteiger partial charge is 0.357 e. The van der Waals surface area contributed by atoms with Gasteiger partial charge in [0.1, 0.15) is 0 Å². The van der Waals surface area contributed by atoms with E-state index in [0.29, 0.717) is 6.04 Å². The second-order valence-corrected chi connectivity index (χ2v) is 5.53. The molecule has 0 saturated carbocycles. The van der Waals surface area contributed by atoms with Crippen LogP contribution in [0.4, 0.5) is 0 Å². The van der Waals surface area contributed by atoms with Crippen LogP contribution in [0.2, 0.25) is 0 Å². The Morgan fingerprint density at radius 1 is 1.18 bits per heavy atom. The molecule has 1 aromatic rings. The van der Waals surface area contributed by atoms with E-state index in [-0.39, 0.29) is 24.0 Å². The van der Waals surface area contributed by atoms with Gasteiger partial charge in [-0.2, -0.15) is 0 Å². The molecule has 1 aromatic carbocycles. The Bertz CT molecular complexity index is 428. The minimum atomic E-state index is 0. The number of hydrogen-bond donors (Lipinski definition) is 2. The van der Waals surface area contributed by atoms with Gasteiger partial charge < -0.3 is 10.6 Å². The van der Waals surface area contributed by atoms with Crippen molar-refractivity contribution in [1.82, 2.24) is 15.5 Å². The van der Waals surface area contributed by atoms with Crippen molar-refractivity contribution < 1.29 is 0 Å². The fourth-order valence-corrected chi connectivity index (χ4v) is 2.75. The van der Waals surface area contributed by atoms with Gasteiger partial charge >= 0.3 is 0 Å². The third-order valence-corrected chi connectivity index (χ3v) is 3.84. The number of aliphatic imine (C=N–C) groups is 1. The second-order valence-electron chi connectivity index (χ2n) is 5.53. The second kappa shape index (κ2) is 10.8. The van der Waals surface area contributed by atoms with E-state index in [1.807, 2.05) is 0 Å². The molecule has 0 amide bonds. The van der Waals surface area contributed by atoms with Gasteiger partial charge in [0.15, 0.2) is 5.96 Å². The number of rotatable bonds is 5. The number of nitrogens with zero attached hydrogens (tertiary/aromatic N) is 2. The molecule has 1 aliphatic heterocycles. The molecule has 1 heterocycles. The van der Waals surface area contributed by atoms with E-state index in [1.54, 1.807) is 0 Å². The van der Waals surface area contributed by atoms with Crippen molar-refractivity contribution in [1.29, 1.82) is 0 Å². The molecule has 0 bridgehead atoms. The molecule has 0 aliphatic carbocycles. The summed E-state index contributed by atoms with van der Waals surface area (Å²) >= 11 is 0. The van der Waals surface area contributed by atoms with Crippen molar-refractivity contribution in [2.45, 2.75) is 39.3 Å². The van der Waals surface area contributed by atoms with E-state index >= 15 is 0 Å². The zero-order chi connectivity index (χ0) is 14.9. The first kappa shape index (κ1) is 19.2. The summed E-state index contributed by atoms with van der Waals surface area (Å²) in [5.41, 5.74) is 1.41. The zero-order valence-corrected chi connectivity index (χ0v) is 16.0. The van der Waals surface area contributed by atoms with Crippen LogP contribution >= 0.6 is 24.0 Å². The van der Waals surface area contributed by atoms with Crippen molar-refractivity contribution in [2.24, 2.45) is 4.99 Å². The lowest BCUT2D eigenvalue weighted by Gasteiger charge is -2.33. The molecule has 1 aliphatic rings. The molecule has 0 unspecified atom stereocenters. The van der Waals surface area contributed by atoms with Gasteiger partial charge in [-0.15, -0.1) is 24.0 Å². The molecule has 22 heavy (non-hydrogen) atoms. The summed E-state index contributed by atoms with van der Waals surface area (Å²) in [6.45, 7) is 9.28. The van der Waals surface area contributed by atoms with Crippen LogP contribution in [0.3, 0.4) is 0 Å². The molecule has 2 rings (SSSR count). The first-order valence-electron chi connectivity index (χ1n) is 8.13. The van der Waals surface area contributed by atoms with Crippen LogP contribution in [-0.2, 0) is 6.54 Å². The minimum Gasteiger partial charge on any atom is -0.357 e. The number of piperidine rings is 1. The highest BCUT2D eigenvalue weighted by atomic mass is 127. The molecule has 1 fully saturated rings. The lowest BCUT2D eigenvalue weighted by atomic mass is 10.0. The van der Waals surface area contributed by atoms with Crippen LogP contribution in [0.15, 0.2) is 35.3 Å². The first-order valence-corrected chi connectivity index (χ1v) is 8.13. The van der Waals surface area contributed by atoms with E-state index in [4.69, 9.17) is 0 Å². The molecule has 124 valence electrons. The van der Waals surface area contributed by atoms with Gasteiger partial charge in [-0.05, 0) is 32.3 Å². The smallest absolute Gasteiger partial charge is 0.191 e. The fourth-order valence-electron chi connectivity index (χ4n) is 2.75. The number of likely N-dealkylation sites (tertiary alicyclic amines) is 1. The molecule has 5 heteroatoms. The molecular formula is C17H29IN4. The maximum atomic E-state index is 4.48. The normalized spacial score (nSPS) is 16.9. The summed E-state index contributed by atoms with van der Waals surface area (Å²) in [5.74, 6) is 0.960. The molecule has 0 aromatic heterocycles. The molecule has 0 spiro atoms. The maximum absolute atomic E-state index is 4.48. The fraction of sp³-hybridized carbons (Fsp3) is 0.588. The molecule has 0 radical (unpaired) electrons. The molecular weight excluding hydrogens is 387 g/mol. The van der Waals surface area contributed by atoms with Crippen molar-refractivity contribution in [3.63, 3.8) is 0 Å². The zero-order valence-electron chi connectivity index (χ0n) is 13.7. The van der Waals surface area contributed by atoms with E-state index < -0.39 is 0 Å². The van der Waals surface area contributed by atoms with Gasteiger partial charge in [0.05, 0.1) is 0 Å². The van der Waals surface area contributed by atoms with Gasteiger partial charge in [-0.25, -0.2) is 0 Å². The number of benzene rings is 1. The number of nitrogens with one attached hydrogen (secondary N) is 2. The summed E-state index contributed by atoms with van der Waals surface area (Å²) in [5, 5.41) is 6.86. The van der Waals surface area contributed by atoms with Crippen LogP contribution in [-0.4, -0.2) is 43.1 Å². The Morgan fingerprint density at radius 2 is 1.86 bits per heavy atom. The van der Waals surface area contributed by atoms with E-state index in [1.165, 1.54) is 18.4 Å². The van der Waals surface area contributed by atoms with Gasteiger partial charge in [0, 0.05) is 38.8 Å². The first-order chi connectivity index (χ1) is 10.3. The quantitative estimate of drug-likeness (QED) is 0.441. The lowest BCUT2D eigenvalue weighted by molar-refractivity contribution is 0.198. The van der Waals surface area contributed by atoms with Gasteiger partial charge in [0.2, 0.25) is 0 Å². The standard InChI is InChI=1S/C17H28N4.HI/c1-3-18-17(19-4-2)20-16-10-12-21(13-11-16)14-15-8-6-5-7-9-15;/h5-9,16H,3-4,10-14H2,1-2H3,(H2,18,19,20);1H. The van der Waals surface area contributed by atoms with Crippen LogP contribution < -0.4 is 10.6 Å². The Balaban J connectivity index is 0.00000242. The third kappa shape index (κ3) is 6.52. The number of guanidine groups is 1. The van der Waals surface area contributed by atoms with Gasteiger partial charge in [-0.3, -0.25) is 9.89 Å². The van der Waals surface area contributed by atoms with Crippen LogP contribution in [0.1, 0.15) is 32.3 Å². The van der Waals surface area contributed by atoms with Gasteiger partial charge in [0.25, 0.3) is 0 Å². The molecule has 1 saturated heterocycles. The average molecular weight is 416 g/mol. The van der Waals surface area contributed by atoms with Crippen molar-refractivity contribution in [3.05, 3.63) is 35.9 Å². The summed E-state index contributed by atoms with van der Waals surface area (Å²) < 4.78 is 0. The Kier molecular flexibility index (Phi) is 9.47. The topological polar surface area (TPSA) is 39.7 Å². The van der Waals surface area contributed by atoms with Crippen molar-refractivity contribution >= 4 is 29.9 Å². The molecule has 4 nitrogen and oxygen atoms in total. The van der Waals surface area contributed by atoms with E-state index in [0.717, 1.165) is 38.7 Å². The molecule has 0 atom stereocenters. The van der Waals surface area contributed by atoms with Crippen molar-refractivity contribution in [3.8, 4) is 0 Å². The summed E-state index contributed by atoms with van der Waals surface area (Å²) in [4.78, 5) is 7.01. The monoisotopic (exact) mass is 416 g/mol. The molecule has 2 N–H and O–H groups in total. The predicted octanol–water partition coefficient (Wildman–Crippen LogP) is 2.84. The van der Waals surface area contributed by atoms with Crippen molar-refractivity contribution in [2.75, 3.05) is 26.2 Å². The third-order valence-electron chi connectivity index (χ3n) is 3.84. The highest BCUT2D eigenvalue weighted by Crippen LogP contribution is 2.13. The summed E-state index contributed by atoms with van der Waals surface area (Å²) in [6.07, 6.45) is 2.36. The van der Waals surface area contributed by atoms with Gasteiger partial charge in [-0.1, -0.05) is 30.3 Å². The highest BCUT2D eigenvalue weighted by molar-refractivity contribution is 14.0. The summed E-state index contributed by atoms with van der Waals surface area (Å²) in [7, 11) is 0. The van der Waals surface area contributed by atoms with Crippen LogP contribution in [0, 0.1) is 0 Å². The minimum absolute atomic E-state index is 0. The number of halogens is 1. The number of hydrogen-bond acceptors (Lipinski definition) is 2. The summed E-state index contributed by atoms with van der Waals surface area (Å²) in [6, 6.07) is 11.3. The Morgan fingerprint density at radius 3 is 2.45 bits per heavy atom. The Labute approximate surface area is 151 Å². The lowest BCUT2D eigenvalue weighted by Crippen LogP contribution is -2.48. The Hall–Kier alpha value is -0.820. The highest BCUT2D eigenvalue weighted by Gasteiger charge is 2.19. The SMILES string of the molecule is CCN=C(NCC)NC1CCN(Cc2ccccc2)CC1.I. The predicted molar refractivity (Wildman–Crippen MR) is 105 cm³/mol. The average Bonchev–Trinajstić information content (AvgIpc) is 2.51.